The predicted molar refractivity (Wildman–Crippen MR) is 98.2 cm³/mol. The standard InChI is InChI=1S/C20H21NO5/c1-12(21-19(23)26-20(2,3)4)18(22)24-13-9-10-17-15(11-13)14-7-5-6-8-16(14)25-17/h5-12H,1-4H3,(H,21,23)/t12-/m1/s1. The molecule has 0 unspecified atom stereocenters. The van der Waals surface area contributed by atoms with Gasteiger partial charge in [0.1, 0.15) is 28.6 Å². The third-order valence-corrected chi connectivity index (χ3v) is 3.65. The molecular formula is C20H21NO5. The Labute approximate surface area is 151 Å². The molecule has 1 aromatic heterocycles. The smallest absolute Gasteiger partial charge is 0.408 e. The number of para-hydroxylation sites is 1. The number of furan rings is 1. The first-order valence-corrected chi connectivity index (χ1v) is 8.35. The van der Waals surface area contributed by atoms with Crippen molar-refractivity contribution < 1.29 is 23.5 Å². The van der Waals surface area contributed by atoms with Crippen LogP contribution in [0.2, 0.25) is 0 Å². The predicted octanol–water partition coefficient (Wildman–Crippen LogP) is 4.40. The quantitative estimate of drug-likeness (QED) is 0.556. The van der Waals surface area contributed by atoms with E-state index in [1.807, 2.05) is 24.3 Å². The Morgan fingerprint density at radius 3 is 2.46 bits per heavy atom. The highest BCUT2D eigenvalue weighted by atomic mass is 16.6. The van der Waals surface area contributed by atoms with Crippen molar-refractivity contribution >= 4 is 34.0 Å². The van der Waals surface area contributed by atoms with Crippen LogP contribution in [-0.2, 0) is 9.53 Å². The Kier molecular flexibility index (Phi) is 4.59. The summed E-state index contributed by atoms with van der Waals surface area (Å²) in [5.41, 5.74) is 0.845. The second-order valence-electron chi connectivity index (χ2n) is 7.05. The van der Waals surface area contributed by atoms with E-state index in [0.29, 0.717) is 11.3 Å². The first-order chi connectivity index (χ1) is 12.2. The zero-order valence-electron chi connectivity index (χ0n) is 15.2. The highest BCUT2D eigenvalue weighted by molar-refractivity contribution is 6.05. The van der Waals surface area contributed by atoms with Gasteiger partial charge in [0, 0.05) is 10.8 Å². The van der Waals surface area contributed by atoms with Crippen molar-refractivity contribution in [3.05, 3.63) is 42.5 Å². The molecule has 0 spiro atoms. The maximum atomic E-state index is 12.2. The molecule has 1 heterocycles. The molecule has 6 heteroatoms. The topological polar surface area (TPSA) is 77.8 Å². The van der Waals surface area contributed by atoms with Gasteiger partial charge in [-0.2, -0.15) is 0 Å². The molecule has 0 radical (unpaired) electrons. The molecule has 0 saturated heterocycles. The number of esters is 1. The summed E-state index contributed by atoms with van der Waals surface area (Å²) in [6.07, 6.45) is -0.668. The van der Waals surface area contributed by atoms with Crippen LogP contribution in [0, 0.1) is 0 Å². The maximum absolute atomic E-state index is 12.2. The van der Waals surface area contributed by atoms with E-state index in [1.54, 1.807) is 39.0 Å². The third-order valence-electron chi connectivity index (χ3n) is 3.65. The van der Waals surface area contributed by atoms with Gasteiger partial charge in [-0.25, -0.2) is 9.59 Å². The zero-order valence-corrected chi connectivity index (χ0v) is 15.2. The first kappa shape index (κ1) is 17.8. The molecule has 1 amide bonds. The minimum atomic E-state index is -0.846. The number of carbonyl (C=O) groups is 2. The fraction of sp³-hybridized carbons (Fsp3) is 0.300. The summed E-state index contributed by atoms with van der Waals surface area (Å²) in [7, 11) is 0. The van der Waals surface area contributed by atoms with Crippen LogP contribution in [0.5, 0.6) is 5.75 Å². The van der Waals surface area contributed by atoms with Gasteiger partial charge in [0.15, 0.2) is 0 Å². The van der Waals surface area contributed by atoms with Crippen LogP contribution in [0.15, 0.2) is 46.9 Å². The second-order valence-corrected chi connectivity index (χ2v) is 7.05. The molecule has 0 bridgehead atoms. The van der Waals surface area contributed by atoms with Gasteiger partial charge in [-0.15, -0.1) is 0 Å². The second kappa shape index (κ2) is 6.71. The van der Waals surface area contributed by atoms with Crippen molar-refractivity contribution in [2.45, 2.75) is 39.3 Å². The van der Waals surface area contributed by atoms with Crippen LogP contribution in [-0.4, -0.2) is 23.7 Å². The number of ether oxygens (including phenoxy) is 2. The minimum Gasteiger partial charge on any atom is -0.456 e. The van der Waals surface area contributed by atoms with Crippen LogP contribution >= 0.6 is 0 Å². The van der Waals surface area contributed by atoms with Gasteiger partial charge >= 0.3 is 12.1 Å². The van der Waals surface area contributed by atoms with Crippen LogP contribution < -0.4 is 10.1 Å². The number of alkyl carbamates (subject to hydrolysis) is 1. The summed E-state index contributed by atoms with van der Waals surface area (Å²) in [5, 5.41) is 4.27. The van der Waals surface area contributed by atoms with Crippen molar-refractivity contribution in [1.29, 1.82) is 0 Å². The van der Waals surface area contributed by atoms with E-state index in [0.717, 1.165) is 16.4 Å². The number of hydrogen-bond acceptors (Lipinski definition) is 5. The van der Waals surface area contributed by atoms with E-state index in [-0.39, 0.29) is 0 Å². The average Bonchev–Trinajstić information content (AvgIpc) is 2.91. The van der Waals surface area contributed by atoms with Gasteiger partial charge < -0.3 is 19.2 Å². The summed E-state index contributed by atoms with van der Waals surface area (Å²) in [6.45, 7) is 6.79. The van der Waals surface area contributed by atoms with Crippen LogP contribution in [0.3, 0.4) is 0 Å². The SMILES string of the molecule is C[C@@H](NC(=O)OC(C)(C)C)C(=O)Oc1ccc2oc3ccccc3c2c1. The Hall–Kier alpha value is -3.02. The lowest BCUT2D eigenvalue weighted by Gasteiger charge is -2.21. The normalized spacial score (nSPS) is 12.8. The molecule has 0 aliphatic carbocycles. The summed E-state index contributed by atoms with van der Waals surface area (Å²) in [6, 6.07) is 12.0. The highest BCUT2D eigenvalue weighted by Crippen LogP contribution is 2.31. The summed E-state index contributed by atoms with van der Waals surface area (Å²) < 4.78 is 16.3. The average molecular weight is 355 g/mol. The van der Waals surface area contributed by atoms with E-state index in [4.69, 9.17) is 13.9 Å². The fourth-order valence-corrected chi connectivity index (χ4v) is 2.52. The highest BCUT2D eigenvalue weighted by Gasteiger charge is 2.22. The molecule has 136 valence electrons. The molecule has 0 saturated carbocycles. The lowest BCUT2D eigenvalue weighted by molar-refractivity contribution is -0.136. The minimum absolute atomic E-state index is 0.381. The molecule has 0 fully saturated rings. The van der Waals surface area contributed by atoms with Crippen LogP contribution in [0.1, 0.15) is 27.7 Å². The zero-order chi connectivity index (χ0) is 18.9. The molecule has 1 N–H and O–H groups in total. The van der Waals surface area contributed by atoms with E-state index >= 15 is 0 Å². The Balaban J connectivity index is 1.72. The first-order valence-electron chi connectivity index (χ1n) is 8.35. The van der Waals surface area contributed by atoms with E-state index in [2.05, 4.69) is 5.32 Å². The van der Waals surface area contributed by atoms with Gasteiger partial charge in [0.05, 0.1) is 0 Å². The lowest BCUT2D eigenvalue weighted by atomic mass is 10.1. The van der Waals surface area contributed by atoms with Gasteiger partial charge in [-0.05, 0) is 52.0 Å². The molecule has 1 atom stereocenters. The molecule has 26 heavy (non-hydrogen) atoms. The molecule has 2 aromatic carbocycles. The largest absolute Gasteiger partial charge is 0.456 e. The van der Waals surface area contributed by atoms with Crippen LogP contribution in [0.25, 0.3) is 21.9 Å². The molecular weight excluding hydrogens is 334 g/mol. The Bertz CT molecular complexity index is 967. The number of carbonyl (C=O) groups excluding carboxylic acids is 2. The Morgan fingerprint density at radius 1 is 1.04 bits per heavy atom. The van der Waals surface area contributed by atoms with Crippen molar-refractivity contribution in [3.8, 4) is 5.75 Å². The number of benzene rings is 2. The number of amides is 1. The number of hydrogen-bond donors (Lipinski definition) is 1. The molecule has 0 aliphatic rings. The third kappa shape index (κ3) is 3.96. The van der Waals surface area contributed by atoms with Gasteiger partial charge in [0.2, 0.25) is 0 Å². The van der Waals surface area contributed by atoms with E-state index in [1.165, 1.54) is 6.92 Å². The molecule has 0 aliphatic heterocycles. The van der Waals surface area contributed by atoms with Crippen molar-refractivity contribution in [3.63, 3.8) is 0 Å². The van der Waals surface area contributed by atoms with E-state index in [9.17, 15) is 9.59 Å². The Morgan fingerprint density at radius 2 is 1.73 bits per heavy atom. The van der Waals surface area contributed by atoms with Crippen molar-refractivity contribution in [1.82, 2.24) is 5.32 Å². The maximum Gasteiger partial charge on any atom is 0.408 e. The summed E-state index contributed by atoms with van der Waals surface area (Å²) in [4.78, 5) is 24.0. The van der Waals surface area contributed by atoms with Gasteiger partial charge in [0.25, 0.3) is 0 Å². The molecule has 3 rings (SSSR count). The molecule has 3 aromatic rings. The van der Waals surface area contributed by atoms with E-state index < -0.39 is 23.7 Å². The van der Waals surface area contributed by atoms with Gasteiger partial charge in [-0.3, -0.25) is 0 Å². The van der Waals surface area contributed by atoms with Crippen molar-refractivity contribution in [2.24, 2.45) is 0 Å². The summed E-state index contributed by atoms with van der Waals surface area (Å²) in [5.74, 6) is -0.199. The number of rotatable bonds is 3. The fourth-order valence-electron chi connectivity index (χ4n) is 2.52. The number of fused-ring (bicyclic) bond motifs is 3. The lowest BCUT2D eigenvalue weighted by Crippen LogP contribution is -2.43. The monoisotopic (exact) mass is 355 g/mol. The molecule has 6 nitrogen and oxygen atoms in total. The van der Waals surface area contributed by atoms with Crippen LogP contribution in [0.4, 0.5) is 4.79 Å². The number of nitrogens with one attached hydrogen (secondary N) is 1. The van der Waals surface area contributed by atoms with Gasteiger partial charge in [-0.1, -0.05) is 18.2 Å². The van der Waals surface area contributed by atoms with Crippen molar-refractivity contribution in [2.75, 3.05) is 0 Å². The summed E-state index contributed by atoms with van der Waals surface area (Å²) >= 11 is 0.